The molecule has 2 N–H and O–H groups in total. The highest BCUT2D eigenvalue weighted by Gasteiger charge is 2.16. The molecule has 0 aliphatic rings. The second kappa shape index (κ2) is 10.2. The third-order valence-electron chi connectivity index (χ3n) is 5.48. The number of nitrogens with one attached hydrogen (secondary N) is 2. The number of para-hydroxylation sites is 2. The largest absolute Gasteiger partial charge is 0.496 e. The van der Waals surface area contributed by atoms with Crippen LogP contribution < -0.4 is 20.3 Å². The topological polar surface area (TPSA) is 93.3 Å². The molecule has 2 aromatic heterocycles. The predicted molar refractivity (Wildman–Crippen MR) is 134 cm³/mol. The zero-order valence-corrected chi connectivity index (χ0v) is 19.4. The highest BCUT2D eigenvalue weighted by Crippen LogP contribution is 2.35. The number of hydrogen-bond donors (Lipinski definition) is 2. The Hall–Kier alpha value is -4.13. The molecule has 174 valence electrons. The van der Waals surface area contributed by atoms with E-state index in [2.05, 4.69) is 24.1 Å². The number of nitrogens with zero attached hydrogens (tertiary/aromatic N) is 1. The molecule has 34 heavy (non-hydrogen) atoms. The van der Waals surface area contributed by atoms with E-state index in [0.29, 0.717) is 63.1 Å². The Morgan fingerprint density at radius 1 is 1.09 bits per heavy atom. The standard InChI is InChI=1S/C27H27N3O4/c1-17(2)11-13-34-24-7-5-4-6-21(24)29-26-25-19(10-12-28-27(25)32)15-22(30-26)20-14-18(16-31)8-9-23(20)33-3/h4-10,12,14-17H,11,13H2,1-3H3,(H,28,32)(H,29,30). The van der Waals surface area contributed by atoms with E-state index >= 15 is 0 Å². The molecule has 0 atom stereocenters. The summed E-state index contributed by atoms with van der Waals surface area (Å²) in [6.07, 6.45) is 3.30. The monoisotopic (exact) mass is 457 g/mol. The van der Waals surface area contributed by atoms with Gasteiger partial charge in [-0.15, -0.1) is 0 Å². The van der Waals surface area contributed by atoms with Crippen LogP contribution in [0.4, 0.5) is 11.5 Å². The van der Waals surface area contributed by atoms with E-state index in [1.54, 1.807) is 31.5 Å². The number of aromatic amines is 1. The first kappa shape index (κ1) is 23.0. The molecule has 7 heteroatoms. The van der Waals surface area contributed by atoms with Crippen LogP contribution in [0.3, 0.4) is 0 Å². The van der Waals surface area contributed by atoms with Gasteiger partial charge in [0.25, 0.3) is 5.56 Å². The number of rotatable bonds is 9. The number of carbonyl (C=O) groups is 1. The van der Waals surface area contributed by atoms with Gasteiger partial charge < -0.3 is 19.8 Å². The average Bonchev–Trinajstić information content (AvgIpc) is 2.84. The molecule has 0 bridgehead atoms. The number of H-pyrrole nitrogens is 1. The maximum atomic E-state index is 12.8. The van der Waals surface area contributed by atoms with Crippen LogP contribution in [0.5, 0.6) is 11.5 Å². The van der Waals surface area contributed by atoms with Gasteiger partial charge in [-0.3, -0.25) is 9.59 Å². The van der Waals surface area contributed by atoms with Crippen LogP contribution >= 0.6 is 0 Å². The van der Waals surface area contributed by atoms with Gasteiger partial charge in [0.15, 0.2) is 0 Å². The SMILES string of the molecule is COc1ccc(C=O)cc1-c1cc2cc[nH]c(=O)c2c(Nc2ccccc2OCCC(C)C)n1. The first-order valence-electron chi connectivity index (χ1n) is 11.1. The molecule has 0 spiro atoms. The lowest BCUT2D eigenvalue weighted by Gasteiger charge is -2.16. The van der Waals surface area contributed by atoms with Crippen molar-refractivity contribution >= 4 is 28.6 Å². The molecule has 0 unspecified atom stereocenters. The molecule has 2 aromatic carbocycles. The number of aldehydes is 1. The summed E-state index contributed by atoms with van der Waals surface area (Å²) >= 11 is 0. The van der Waals surface area contributed by atoms with E-state index in [1.807, 2.05) is 36.4 Å². The zero-order chi connectivity index (χ0) is 24.1. The summed E-state index contributed by atoms with van der Waals surface area (Å²) in [7, 11) is 1.56. The molecule has 0 aliphatic heterocycles. The van der Waals surface area contributed by atoms with Crippen molar-refractivity contribution in [1.29, 1.82) is 0 Å². The quantitative estimate of drug-likeness (QED) is 0.319. The molecular weight excluding hydrogens is 430 g/mol. The second-order valence-electron chi connectivity index (χ2n) is 8.36. The lowest BCUT2D eigenvalue weighted by atomic mass is 10.0. The average molecular weight is 458 g/mol. The summed E-state index contributed by atoms with van der Waals surface area (Å²) in [5.74, 6) is 2.16. The minimum absolute atomic E-state index is 0.258. The van der Waals surface area contributed by atoms with Gasteiger partial charge >= 0.3 is 0 Å². The molecule has 0 aliphatic carbocycles. The molecule has 7 nitrogen and oxygen atoms in total. The highest BCUT2D eigenvalue weighted by atomic mass is 16.5. The molecule has 4 rings (SSSR count). The molecule has 0 saturated carbocycles. The van der Waals surface area contributed by atoms with Crippen LogP contribution in [0, 0.1) is 5.92 Å². The molecular formula is C27H27N3O4. The summed E-state index contributed by atoms with van der Waals surface area (Å²) in [5, 5.41) is 4.43. The fourth-order valence-corrected chi connectivity index (χ4v) is 3.67. The van der Waals surface area contributed by atoms with Crippen molar-refractivity contribution < 1.29 is 14.3 Å². The summed E-state index contributed by atoms with van der Waals surface area (Å²) in [6, 6.07) is 16.3. The zero-order valence-electron chi connectivity index (χ0n) is 19.4. The van der Waals surface area contributed by atoms with Gasteiger partial charge in [-0.05, 0) is 60.2 Å². The molecule has 0 fully saturated rings. The van der Waals surface area contributed by atoms with Crippen molar-refractivity contribution in [2.24, 2.45) is 5.92 Å². The lowest BCUT2D eigenvalue weighted by Crippen LogP contribution is -2.10. The van der Waals surface area contributed by atoms with Crippen LogP contribution in [-0.2, 0) is 0 Å². The van der Waals surface area contributed by atoms with Crippen molar-refractivity contribution in [1.82, 2.24) is 9.97 Å². The number of aromatic nitrogens is 2. The molecule has 0 saturated heterocycles. The van der Waals surface area contributed by atoms with Gasteiger partial charge in [0.2, 0.25) is 0 Å². The predicted octanol–water partition coefficient (Wildman–Crippen LogP) is 5.58. The van der Waals surface area contributed by atoms with Crippen molar-refractivity contribution in [3.63, 3.8) is 0 Å². The Labute approximate surface area is 197 Å². The van der Waals surface area contributed by atoms with E-state index in [9.17, 15) is 9.59 Å². The Balaban J connectivity index is 1.83. The van der Waals surface area contributed by atoms with Gasteiger partial charge in [0.05, 0.1) is 30.5 Å². The van der Waals surface area contributed by atoms with Gasteiger partial charge in [-0.1, -0.05) is 26.0 Å². The van der Waals surface area contributed by atoms with E-state index in [4.69, 9.17) is 14.5 Å². The van der Waals surface area contributed by atoms with Gasteiger partial charge in [-0.25, -0.2) is 4.98 Å². The summed E-state index contributed by atoms with van der Waals surface area (Å²) in [5.41, 5.74) is 2.17. The van der Waals surface area contributed by atoms with Gasteiger partial charge in [0.1, 0.15) is 23.6 Å². The number of hydrogen-bond acceptors (Lipinski definition) is 6. The molecule has 0 amide bonds. The number of fused-ring (bicyclic) bond motifs is 1. The summed E-state index contributed by atoms with van der Waals surface area (Å²) in [4.78, 5) is 31.6. The van der Waals surface area contributed by atoms with Gasteiger partial charge in [0, 0.05) is 17.3 Å². The van der Waals surface area contributed by atoms with Crippen molar-refractivity contribution in [3.8, 4) is 22.8 Å². The normalized spacial score (nSPS) is 10.9. The number of benzene rings is 2. The Kier molecular flexibility index (Phi) is 6.92. The lowest BCUT2D eigenvalue weighted by molar-refractivity contribution is 0.112. The third kappa shape index (κ3) is 4.93. The van der Waals surface area contributed by atoms with E-state index < -0.39 is 0 Å². The number of anilines is 2. The minimum Gasteiger partial charge on any atom is -0.496 e. The van der Waals surface area contributed by atoms with E-state index in [1.165, 1.54) is 0 Å². The maximum Gasteiger partial charge on any atom is 0.259 e. The molecule has 0 radical (unpaired) electrons. The first-order valence-corrected chi connectivity index (χ1v) is 11.1. The number of pyridine rings is 2. The van der Waals surface area contributed by atoms with Crippen molar-refractivity contribution in [2.75, 3.05) is 19.0 Å². The highest BCUT2D eigenvalue weighted by molar-refractivity contribution is 5.96. The van der Waals surface area contributed by atoms with E-state index in [0.717, 1.165) is 12.7 Å². The summed E-state index contributed by atoms with van der Waals surface area (Å²) in [6.45, 7) is 4.88. The fourth-order valence-electron chi connectivity index (χ4n) is 3.67. The first-order chi connectivity index (χ1) is 16.5. The Morgan fingerprint density at radius 2 is 1.91 bits per heavy atom. The Morgan fingerprint density at radius 3 is 2.68 bits per heavy atom. The molecule has 4 aromatic rings. The van der Waals surface area contributed by atoms with Crippen LogP contribution in [-0.4, -0.2) is 30.0 Å². The summed E-state index contributed by atoms with van der Waals surface area (Å²) < 4.78 is 11.5. The number of carbonyl (C=O) groups excluding carboxylic acids is 1. The van der Waals surface area contributed by atoms with Crippen molar-refractivity contribution in [2.45, 2.75) is 20.3 Å². The fraction of sp³-hybridized carbons (Fsp3) is 0.222. The smallest absolute Gasteiger partial charge is 0.259 e. The van der Waals surface area contributed by atoms with Crippen LogP contribution in [0.1, 0.15) is 30.6 Å². The van der Waals surface area contributed by atoms with Gasteiger partial charge in [-0.2, -0.15) is 0 Å². The maximum absolute atomic E-state index is 12.8. The minimum atomic E-state index is -0.258. The van der Waals surface area contributed by atoms with Crippen LogP contribution in [0.2, 0.25) is 0 Å². The van der Waals surface area contributed by atoms with Crippen LogP contribution in [0.15, 0.2) is 65.6 Å². The number of ether oxygens (including phenoxy) is 2. The van der Waals surface area contributed by atoms with Crippen LogP contribution in [0.25, 0.3) is 22.0 Å². The van der Waals surface area contributed by atoms with E-state index in [-0.39, 0.29) is 5.56 Å². The second-order valence-corrected chi connectivity index (χ2v) is 8.36. The Bertz CT molecular complexity index is 1380. The molecule has 2 heterocycles. The number of methoxy groups -OCH3 is 1. The third-order valence-corrected chi connectivity index (χ3v) is 5.48. The van der Waals surface area contributed by atoms with Crippen molar-refractivity contribution in [3.05, 3.63) is 76.7 Å².